The van der Waals surface area contributed by atoms with Crippen LogP contribution in [0, 0.1) is 0 Å². The summed E-state index contributed by atoms with van der Waals surface area (Å²) in [5, 5.41) is 9.50. The van der Waals surface area contributed by atoms with Gasteiger partial charge in [0.1, 0.15) is 11.5 Å². The highest BCUT2D eigenvalue weighted by Gasteiger charge is 2.22. The molecule has 3 aromatic rings. The standard InChI is InChI=1S/C24H25ClN4O3/c1-31-19-7-9-22(32-2)20(16-19)21-8-10-23(27-26-21)28-11-13-29(14-12-28)24(30)15-17-3-5-18(25)6-4-17/h3-10,16H,11-15H2,1-2H3. The number of methoxy groups -OCH3 is 2. The molecule has 1 saturated heterocycles. The minimum atomic E-state index is 0.124. The molecule has 1 aliphatic heterocycles. The molecule has 0 radical (unpaired) electrons. The van der Waals surface area contributed by atoms with Crippen molar-refractivity contribution in [2.45, 2.75) is 6.42 Å². The van der Waals surface area contributed by atoms with Gasteiger partial charge < -0.3 is 19.3 Å². The van der Waals surface area contributed by atoms with Gasteiger partial charge in [-0.1, -0.05) is 23.7 Å². The fraction of sp³-hybridized carbons (Fsp3) is 0.292. The van der Waals surface area contributed by atoms with E-state index < -0.39 is 0 Å². The van der Waals surface area contributed by atoms with E-state index in [0.717, 1.165) is 22.7 Å². The first-order valence-corrected chi connectivity index (χ1v) is 10.8. The van der Waals surface area contributed by atoms with Crippen LogP contribution >= 0.6 is 11.6 Å². The molecule has 0 saturated carbocycles. The highest BCUT2D eigenvalue weighted by atomic mass is 35.5. The molecule has 0 aliphatic carbocycles. The van der Waals surface area contributed by atoms with Crippen LogP contribution in [0.5, 0.6) is 11.5 Å². The fourth-order valence-corrected chi connectivity index (χ4v) is 3.85. The number of amides is 1. The van der Waals surface area contributed by atoms with Crippen LogP contribution in [-0.2, 0) is 11.2 Å². The Morgan fingerprint density at radius 2 is 1.69 bits per heavy atom. The number of rotatable bonds is 6. The van der Waals surface area contributed by atoms with Crippen LogP contribution in [0.1, 0.15) is 5.56 Å². The molecule has 1 aromatic heterocycles. The third-order valence-corrected chi connectivity index (χ3v) is 5.81. The molecule has 0 spiro atoms. The van der Waals surface area contributed by atoms with Crippen molar-refractivity contribution in [2.75, 3.05) is 45.3 Å². The number of hydrogen-bond donors (Lipinski definition) is 0. The van der Waals surface area contributed by atoms with Gasteiger partial charge in [-0.05, 0) is 48.0 Å². The maximum Gasteiger partial charge on any atom is 0.227 e. The minimum absolute atomic E-state index is 0.124. The number of halogens is 1. The van der Waals surface area contributed by atoms with E-state index in [4.69, 9.17) is 21.1 Å². The summed E-state index contributed by atoms with van der Waals surface area (Å²) in [4.78, 5) is 16.7. The molecule has 166 valence electrons. The average molecular weight is 453 g/mol. The summed E-state index contributed by atoms with van der Waals surface area (Å²) in [6, 6.07) is 16.9. The topological polar surface area (TPSA) is 67.8 Å². The van der Waals surface area contributed by atoms with Gasteiger partial charge in [0.25, 0.3) is 0 Å². The Labute approximate surface area is 192 Å². The van der Waals surface area contributed by atoms with Crippen molar-refractivity contribution in [3.63, 3.8) is 0 Å². The van der Waals surface area contributed by atoms with E-state index in [1.807, 2.05) is 59.5 Å². The summed E-state index contributed by atoms with van der Waals surface area (Å²) < 4.78 is 10.8. The molecule has 1 amide bonds. The lowest BCUT2D eigenvalue weighted by atomic mass is 10.1. The number of hydrogen-bond acceptors (Lipinski definition) is 6. The van der Waals surface area contributed by atoms with Gasteiger partial charge in [-0.25, -0.2) is 0 Å². The first-order chi connectivity index (χ1) is 15.6. The molecule has 1 aliphatic rings. The highest BCUT2D eigenvalue weighted by Crippen LogP contribution is 2.32. The Bertz CT molecular complexity index is 1070. The van der Waals surface area contributed by atoms with E-state index in [2.05, 4.69) is 15.1 Å². The predicted octanol–water partition coefficient (Wildman–Crippen LogP) is 3.71. The highest BCUT2D eigenvalue weighted by molar-refractivity contribution is 6.30. The average Bonchev–Trinajstić information content (AvgIpc) is 2.85. The molecule has 2 heterocycles. The number of carbonyl (C=O) groups excluding carboxylic acids is 1. The number of carbonyl (C=O) groups is 1. The second-order valence-electron chi connectivity index (χ2n) is 7.51. The largest absolute Gasteiger partial charge is 0.497 e. The van der Waals surface area contributed by atoms with E-state index in [0.29, 0.717) is 49.1 Å². The van der Waals surface area contributed by atoms with Crippen molar-refractivity contribution in [3.8, 4) is 22.8 Å². The summed E-state index contributed by atoms with van der Waals surface area (Å²) in [5.41, 5.74) is 2.50. The number of ether oxygens (including phenoxy) is 2. The summed E-state index contributed by atoms with van der Waals surface area (Å²) in [5.74, 6) is 2.35. The van der Waals surface area contributed by atoms with Gasteiger partial charge in [-0.3, -0.25) is 4.79 Å². The minimum Gasteiger partial charge on any atom is -0.497 e. The van der Waals surface area contributed by atoms with E-state index in [1.165, 1.54) is 0 Å². The van der Waals surface area contributed by atoms with E-state index >= 15 is 0 Å². The zero-order chi connectivity index (χ0) is 22.5. The van der Waals surface area contributed by atoms with Crippen LogP contribution in [0.25, 0.3) is 11.3 Å². The summed E-state index contributed by atoms with van der Waals surface area (Å²) in [6.45, 7) is 2.73. The molecule has 0 atom stereocenters. The molecule has 2 aromatic carbocycles. The Hall–Kier alpha value is -3.32. The van der Waals surface area contributed by atoms with Crippen molar-refractivity contribution in [1.82, 2.24) is 15.1 Å². The molecular weight excluding hydrogens is 428 g/mol. The zero-order valence-corrected chi connectivity index (χ0v) is 18.9. The van der Waals surface area contributed by atoms with Gasteiger partial charge in [0.15, 0.2) is 5.82 Å². The molecule has 1 fully saturated rings. The van der Waals surface area contributed by atoms with Gasteiger partial charge in [-0.15, -0.1) is 10.2 Å². The van der Waals surface area contributed by atoms with Gasteiger partial charge >= 0.3 is 0 Å². The number of benzene rings is 2. The third-order valence-electron chi connectivity index (χ3n) is 5.56. The maximum atomic E-state index is 12.6. The Kier molecular flexibility index (Phi) is 6.75. The van der Waals surface area contributed by atoms with Crippen LogP contribution in [0.4, 0.5) is 5.82 Å². The van der Waals surface area contributed by atoms with Crippen molar-refractivity contribution in [2.24, 2.45) is 0 Å². The number of aromatic nitrogens is 2. The molecule has 0 bridgehead atoms. The summed E-state index contributed by atoms with van der Waals surface area (Å²) in [6.07, 6.45) is 0.383. The number of nitrogens with zero attached hydrogens (tertiary/aromatic N) is 4. The van der Waals surface area contributed by atoms with Crippen LogP contribution in [-0.4, -0.2) is 61.4 Å². The molecule has 0 N–H and O–H groups in total. The summed E-state index contributed by atoms with van der Waals surface area (Å²) in [7, 11) is 3.25. The smallest absolute Gasteiger partial charge is 0.227 e. The molecule has 0 unspecified atom stereocenters. The van der Waals surface area contributed by atoms with Gasteiger partial charge in [0, 0.05) is 36.8 Å². The summed E-state index contributed by atoms with van der Waals surface area (Å²) >= 11 is 5.92. The quantitative estimate of drug-likeness (QED) is 0.568. The first-order valence-electron chi connectivity index (χ1n) is 10.4. The van der Waals surface area contributed by atoms with Crippen LogP contribution < -0.4 is 14.4 Å². The Morgan fingerprint density at radius 3 is 2.31 bits per heavy atom. The van der Waals surface area contributed by atoms with Crippen LogP contribution in [0.3, 0.4) is 0 Å². The second-order valence-corrected chi connectivity index (χ2v) is 7.95. The van der Waals surface area contributed by atoms with Gasteiger partial charge in [0.2, 0.25) is 5.91 Å². The lowest BCUT2D eigenvalue weighted by Crippen LogP contribution is -2.49. The van der Waals surface area contributed by atoms with Crippen LogP contribution in [0.2, 0.25) is 5.02 Å². The molecular formula is C24H25ClN4O3. The molecule has 7 nitrogen and oxygen atoms in total. The molecule has 32 heavy (non-hydrogen) atoms. The van der Waals surface area contributed by atoms with Gasteiger partial charge in [-0.2, -0.15) is 0 Å². The predicted molar refractivity (Wildman–Crippen MR) is 125 cm³/mol. The van der Waals surface area contributed by atoms with Crippen molar-refractivity contribution in [3.05, 3.63) is 65.2 Å². The van der Waals surface area contributed by atoms with E-state index in [-0.39, 0.29) is 5.91 Å². The zero-order valence-electron chi connectivity index (χ0n) is 18.1. The van der Waals surface area contributed by atoms with Crippen molar-refractivity contribution in [1.29, 1.82) is 0 Å². The Morgan fingerprint density at radius 1 is 0.938 bits per heavy atom. The van der Waals surface area contributed by atoms with Gasteiger partial charge in [0.05, 0.1) is 26.3 Å². The number of piperazine rings is 1. The molecule has 8 heteroatoms. The number of anilines is 1. The van der Waals surface area contributed by atoms with Crippen molar-refractivity contribution < 1.29 is 14.3 Å². The monoisotopic (exact) mass is 452 g/mol. The van der Waals surface area contributed by atoms with E-state index in [9.17, 15) is 4.79 Å². The lowest BCUT2D eigenvalue weighted by Gasteiger charge is -2.35. The fourth-order valence-electron chi connectivity index (χ4n) is 3.73. The maximum absolute atomic E-state index is 12.6. The third kappa shape index (κ3) is 4.94. The van der Waals surface area contributed by atoms with Crippen molar-refractivity contribution >= 4 is 23.3 Å². The SMILES string of the molecule is COc1ccc(OC)c(-c2ccc(N3CCN(C(=O)Cc4ccc(Cl)cc4)CC3)nn2)c1. The Balaban J connectivity index is 1.38. The second kappa shape index (κ2) is 9.87. The first kappa shape index (κ1) is 21.9. The molecule has 4 rings (SSSR count). The van der Waals surface area contributed by atoms with Crippen LogP contribution in [0.15, 0.2) is 54.6 Å². The lowest BCUT2D eigenvalue weighted by molar-refractivity contribution is -0.130. The normalized spacial score (nSPS) is 13.7. The van der Waals surface area contributed by atoms with E-state index in [1.54, 1.807) is 14.2 Å².